The van der Waals surface area contributed by atoms with Crippen LogP contribution < -0.4 is 0 Å². The summed E-state index contributed by atoms with van der Waals surface area (Å²) in [5.74, 6) is 0.359. The predicted molar refractivity (Wildman–Crippen MR) is 108 cm³/mol. The maximum absolute atomic E-state index is 12.4. The Morgan fingerprint density at radius 2 is 2.04 bits per heavy atom. The molecular formula is C20H34N4OS. The first kappa shape index (κ1) is 19.7. The Kier molecular flexibility index (Phi) is 7.04. The van der Waals surface area contributed by atoms with Crippen LogP contribution in [0, 0.1) is 5.41 Å². The Labute approximate surface area is 162 Å². The summed E-state index contributed by atoms with van der Waals surface area (Å²) < 4.78 is 2.10. The van der Waals surface area contributed by atoms with Crippen molar-refractivity contribution in [2.45, 2.75) is 57.2 Å². The molecule has 0 N–H and O–H groups in total. The van der Waals surface area contributed by atoms with Crippen molar-refractivity contribution in [2.24, 2.45) is 5.41 Å². The molecule has 1 atom stereocenters. The van der Waals surface area contributed by atoms with Crippen LogP contribution >= 0.6 is 11.8 Å². The van der Waals surface area contributed by atoms with E-state index in [-0.39, 0.29) is 0 Å². The highest BCUT2D eigenvalue weighted by atomic mass is 32.2. The first-order valence-corrected chi connectivity index (χ1v) is 11.4. The van der Waals surface area contributed by atoms with Crippen LogP contribution in [0.15, 0.2) is 18.7 Å². The van der Waals surface area contributed by atoms with Crippen LogP contribution in [-0.4, -0.2) is 69.5 Å². The zero-order valence-corrected chi connectivity index (χ0v) is 17.2. The highest BCUT2D eigenvalue weighted by Crippen LogP contribution is 2.40. The third kappa shape index (κ3) is 5.26. The van der Waals surface area contributed by atoms with Gasteiger partial charge in [0.15, 0.2) is 0 Å². The molecule has 26 heavy (non-hydrogen) atoms. The predicted octanol–water partition coefficient (Wildman–Crippen LogP) is 3.12. The van der Waals surface area contributed by atoms with Gasteiger partial charge in [-0.05, 0) is 63.4 Å². The van der Waals surface area contributed by atoms with Crippen LogP contribution in [-0.2, 0) is 11.3 Å². The Bertz CT molecular complexity index is 554. The van der Waals surface area contributed by atoms with E-state index in [9.17, 15) is 4.79 Å². The van der Waals surface area contributed by atoms with E-state index in [1.54, 1.807) is 0 Å². The molecule has 1 amide bonds. The van der Waals surface area contributed by atoms with Crippen LogP contribution in [0.4, 0.5) is 0 Å². The molecule has 3 heterocycles. The molecule has 0 saturated carbocycles. The molecule has 2 aliphatic heterocycles. The summed E-state index contributed by atoms with van der Waals surface area (Å²) in [5.41, 5.74) is 0.380. The zero-order valence-electron chi connectivity index (χ0n) is 16.4. The second kappa shape index (κ2) is 9.27. The van der Waals surface area contributed by atoms with Crippen molar-refractivity contribution in [2.75, 3.05) is 39.0 Å². The van der Waals surface area contributed by atoms with Crippen molar-refractivity contribution in [3.05, 3.63) is 18.7 Å². The summed E-state index contributed by atoms with van der Waals surface area (Å²) in [5, 5.41) is 0.754. The Morgan fingerprint density at radius 3 is 2.73 bits per heavy atom. The number of carbonyl (C=O) groups excluding carboxylic acids is 1. The second-order valence-corrected chi connectivity index (χ2v) is 9.42. The van der Waals surface area contributed by atoms with Gasteiger partial charge in [0.05, 0.1) is 6.33 Å². The van der Waals surface area contributed by atoms with Crippen molar-refractivity contribution in [1.82, 2.24) is 19.4 Å². The molecule has 2 fully saturated rings. The lowest BCUT2D eigenvalue weighted by atomic mass is 9.72. The van der Waals surface area contributed by atoms with Crippen molar-refractivity contribution < 1.29 is 4.79 Å². The Balaban J connectivity index is 1.44. The molecule has 1 aromatic heterocycles. The molecule has 3 rings (SSSR count). The van der Waals surface area contributed by atoms with Crippen LogP contribution in [0.5, 0.6) is 0 Å². The van der Waals surface area contributed by atoms with Gasteiger partial charge in [0, 0.05) is 43.7 Å². The van der Waals surface area contributed by atoms with E-state index in [2.05, 4.69) is 32.5 Å². The lowest BCUT2D eigenvalue weighted by Crippen LogP contribution is -2.51. The third-order valence-corrected chi connectivity index (χ3v) is 7.36. The van der Waals surface area contributed by atoms with Crippen LogP contribution in [0.2, 0.25) is 0 Å². The van der Waals surface area contributed by atoms with Crippen molar-refractivity contribution in [3.8, 4) is 0 Å². The maximum atomic E-state index is 12.4. The molecule has 0 aliphatic carbocycles. The lowest BCUT2D eigenvalue weighted by Gasteiger charge is -2.47. The first-order chi connectivity index (χ1) is 12.6. The topological polar surface area (TPSA) is 41.4 Å². The fourth-order valence-corrected chi connectivity index (χ4v) is 4.65. The molecule has 1 spiro atoms. The summed E-state index contributed by atoms with van der Waals surface area (Å²) >= 11 is 1.97. The molecule has 5 nitrogen and oxygen atoms in total. The standard InChI is InChI=1S/C20H34N4OS/c1-18(26-2)5-12-22-13-7-20(8-14-22)6-4-19(25)24(16-20)11-3-10-23-15-9-21-17-23/h9,15,17-18H,3-8,10-14,16H2,1-2H3/t18-/m1/s1. The quantitative estimate of drug-likeness (QED) is 0.697. The number of carbonyl (C=O) groups is 1. The smallest absolute Gasteiger partial charge is 0.222 e. The van der Waals surface area contributed by atoms with Gasteiger partial charge >= 0.3 is 0 Å². The van der Waals surface area contributed by atoms with Gasteiger partial charge < -0.3 is 14.4 Å². The molecule has 0 radical (unpaired) electrons. The Morgan fingerprint density at radius 1 is 1.23 bits per heavy atom. The van der Waals surface area contributed by atoms with E-state index in [1.165, 1.54) is 38.9 Å². The van der Waals surface area contributed by atoms with E-state index >= 15 is 0 Å². The lowest BCUT2D eigenvalue weighted by molar-refractivity contribution is -0.139. The summed E-state index contributed by atoms with van der Waals surface area (Å²) in [4.78, 5) is 21.2. The Hall–Kier alpha value is -1.01. The maximum Gasteiger partial charge on any atom is 0.222 e. The average Bonchev–Trinajstić information content (AvgIpc) is 3.17. The fourth-order valence-electron chi connectivity index (χ4n) is 4.31. The van der Waals surface area contributed by atoms with Gasteiger partial charge in [-0.15, -0.1) is 0 Å². The van der Waals surface area contributed by atoms with Crippen LogP contribution in [0.3, 0.4) is 0 Å². The molecule has 0 unspecified atom stereocenters. The van der Waals surface area contributed by atoms with E-state index in [1.807, 2.05) is 30.5 Å². The molecule has 2 aliphatic rings. The second-order valence-electron chi connectivity index (χ2n) is 8.15. The number of imidazole rings is 1. The number of hydrogen-bond donors (Lipinski definition) is 0. The largest absolute Gasteiger partial charge is 0.342 e. The molecule has 0 bridgehead atoms. The van der Waals surface area contributed by atoms with E-state index in [0.29, 0.717) is 11.3 Å². The summed E-state index contributed by atoms with van der Waals surface area (Å²) in [6, 6.07) is 0. The van der Waals surface area contributed by atoms with Crippen LogP contribution in [0.25, 0.3) is 0 Å². The van der Waals surface area contributed by atoms with Gasteiger partial charge in [-0.3, -0.25) is 4.79 Å². The third-order valence-electron chi connectivity index (χ3n) is 6.32. The van der Waals surface area contributed by atoms with Gasteiger partial charge in [0.2, 0.25) is 5.91 Å². The molecule has 1 aromatic rings. The number of rotatable bonds is 8. The number of hydrogen-bond acceptors (Lipinski definition) is 4. The first-order valence-electron chi connectivity index (χ1n) is 10.1. The number of nitrogens with zero attached hydrogens (tertiary/aromatic N) is 4. The van der Waals surface area contributed by atoms with E-state index < -0.39 is 0 Å². The SMILES string of the molecule is CS[C@H](C)CCN1CCC2(CCC(=O)N(CCCn3ccnc3)C2)CC1. The molecule has 146 valence electrons. The van der Waals surface area contributed by atoms with Gasteiger partial charge in [-0.2, -0.15) is 11.8 Å². The van der Waals surface area contributed by atoms with Gasteiger partial charge in [0.1, 0.15) is 0 Å². The number of amides is 1. The highest BCUT2D eigenvalue weighted by Gasteiger charge is 2.40. The summed E-state index contributed by atoms with van der Waals surface area (Å²) in [6.45, 7) is 8.77. The van der Waals surface area contributed by atoms with E-state index in [4.69, 9.17) is 0 Å². The minimum absolute atomic E-state index is 0.359. The van der Waals surface area contributed by atoms with Crippen molar-refractivity contribution >= 4 is 17.7 Å². The number of likely N-dealkylation sites (tertiary alicyclic amines) is 2. The molecule has 6 heteroatoms. The molecule has 2 saturated heterocycles. The van der Waals surface area contributed by atoms with E-state index in [0.717, 1.165) is 44.1 Å². The minimum Gasteiger partial charge on any atom is -0.342 e. The molecular weight excluding hydrogens is 344 g/mol. The summed E-state index contributed by atoms with van der Waals surface area (Å²) in [6.07, 6.45) is 14.5. The number of aromatic nitrogens is 2. The molecule has 0 aromatic carbocycles. The number of piperidine rings is 2. The van der Waals surface area contributed by atoms with Gasteiger partial charge in [0.25, 0.3) is 0 Å². The monoisotopic (exact) mass is 378 g/mol. The fraction of sp³-hybridized carbons (Fsp3) is 0.800. The van der Waals surface area contributed by atoms with Crippen molar-refractivity contribution in [3.63, 3.8) is 0 Å². The van der Waals surface area contributed by atoms with Gasteiger partial charge in [-0.1, -0.05) is 6.92 Å². The highest BCUT2D eigenvalue weighted by molar-refractivity contribution is 7.99. The summed E-state index contributed by atoms with van der Waals surface area (Å²) in [7, 11) is 0. The number of thioether (sulfide) groups is 1. The minimum atomic E-state index is 0.359. The van der Waals surface area contributed by atoms with Gasteiger partial charge in [-0.25, -0.2) is 4.98 Å². The zero-order chi connectivity index (χ0) is 18.4. The number of aryl methyl sites for hydroxylation is 1. The van der Waals surface area contributed by atoms with Crippen molar-refractivity contribution in [1.29, 1.82) is 0 Å². The van der Waals surface area contributed by atoms with Crippen LogP contribution in [0.1, 0.15) is 45.4 Å². The normalized spacial score (nSPS) is 22.1. The average molecular weight is 379 g/mol.